The lowest BCUT2D eigenvalue weighted by Crippen LogP contribution is -2.39. The van der Waals surface area contributed by atoms with E-state index >= 15 is 0 Å². The second-order valence-electron chi connectivity index (χ2n) is 4.40. The molecule has 118 valence electrons. The van der Waals surface area contributed by atoms with Crippen molar-refractivity contribution in [2.24, 2.45) is 5.73 Å². The van der Waals surface area contributed by atoms with Crippen LogP contribution in [0.25, 0.3) is 0 Å². The van der Waals surface area contributed by atoms with Gasteiger partial charge >= 0.3 is 0 Å². The van der Waals surface area contributed by atoms with Crippen molar-refractivity contribution in [2.45, 2.75) is 24.3 Å². The van der Waals surface area contributed by atoms with Crippen molar-refractivity contribution >= 4 is 39.1 Å². The van der Waals surface area contributed by atoms with Crippen LogP contribution in [0.1, 0.15) is 13.3 Å². The first-order chi connectivity index (χ1) is 9.77. The SMILES string of the molecule is C[C@@H](CN)NC(=O)CCNS(=O)(=O)c1c(Cl)cccc1Cl. The predicted molar refractivity (Wildman–Crippen MR) is 82.9 cm³/mol. The Morgan fingerprint density at radius 1 is 1.33 bits per heavy atom. The van der Waals surface area contributed by atoms with Crippen LogP contribution in [0.5, 0.6) is 0 Å². The lowest BCUT2D eigenvalue weighted by Gasteiger charge is -2.12. The van der Waals surface area contributed by atoms with Crippen LogP contribution in [0, 0.1) is 0 Å². The van der Waals surface area contributed by atoms with Gasteiger partial charge in [0.15, 0.2) is 0 Å². The van der Waals surface area contributed by atoms with Crippen molar-refractivity contribution in [2.75, 3.05) is 13.1 Å². The number of carbonyl (C=O) groups excluding carboxylic acids is 1. The first-order valence-electron chi connectivity index (χ1n) is 6.21. The number of hydrogen-bond acceptors (Lipinski definition) is 4. The molecule has 0 unspecified atom stereocenters. The molecule has 6 nitrogen and oxygen atoms in total. The van der Waals surface area contributed by atoms with E-state index in [9.17, 15) is 13.2 Å². The summed E-state index contributed by atoms with van der Waals surface area (Å²) in [4.78, 5) is 11.3. The van der Waals surface area contributed by atoms with Crippen molar-refractivity contribution < 1.29 is 13.2 Å². The topological polar surface area (TPSA) is 101 Å². The molecule has 0 fully saturated rings. The Morgan fingerprint density at radius 2 is 1.90 bits per heavy atom. The summed E-state index contributed by atoms with van der Waals surface area (Å²) in [7, 11) is -3.87. The monoisotopic (exact) mass is 353 g/mol. The third-order valence-electron chi connectivity index (χ3n) is 2.59. The summed E-state index contributed by atoms with van der Waals surface area (Å²) in [6, 6.07) is 4.24. The van der Waals surface area contributed by atoms with Gasteiger partial charge in [-0.2, -0.15) is 0 Å². The second kappa shape index (κ2) is 7.95. The molecular weight excluding hydrogens is 337 g/mol. The van der Waals surface area contributed by atoms with Crippen molar-refractivity contribution in [3.05, 3.63) is 28.2 Å². The number of halogens is 2. The number of nitrogens with one attached hydrogen (secondary N) is 2. The highest BCUT2D eigenvalue weighted by Gasteiger charge is 2.21. The molecule has 0 spiro atoms. The molecule has 0 heterocycles. The first-order valence-corrected chi connectivity index (χ1v) is 8.45. The second-order valence-corrected chi connectivity index (χ2v) is 6.92. The molecule has 0 aliphatic heterocycles. The average Bonchev–Trinajstić information content (AvgIpc) is 2.37. The van der Waals surface area contributed by atoms with E-state index in [0.29, 0.717) is 6.54 Å². The predicted octanol–water partition coefficient (Wildman–Crippen LogP) is 1.13. The highest BCUT2D eigenvalue weighted by atomic mass is 35.5. The molecule has 0 radical (unpaired) electrons. The van der Waals surface area contributed by atoms with Gasteiger partial charge in [0.25, 0.3) is 0 Å². The van der Waals surface area contributed by atoms with Gasteiger partial charge in [-0.3, -0.25) is 4.79 Å². The van der Waals surface area contributed by atoms with E-state index in [1.165, 1.54) is 12.1 Å². The number of nitrogens with two attached hydrogens (primary N) is 1. The molecule has 0 aromatic heterocycles. The largest absolute Gasteiger partial charge is 0.352 e. The van der Waals surface area contributed by atoms with E-state index < -0.39 is 10.0 Å². The summed E-state index contributed by atoms with van der Waals surface area (Å²) in [5, 5.41) is 2.68. The maximum atomic E-state index is 12.1. The third-order valence-corrected chi connectivity index (χ3v) is 5.01. The van der Waals surface area contributed by atoms with Crippen LogP contribution in [0.3, 0.4) is 0 Å². The van der Waals surface area contributed by atoms with E-state index in [0.717, 1.165) is 0 Å². The zero-order valence-corrected chi connectivity index (χ0v) is 13.7. The first kappa shape index (κ1) is 18.2. The van der Waals surface area contributed by atoms with Crippen molar-refractivity contribution in [1.29, 1.82) is 0 Å². The molecule has 0 saturated heterocycles. The van der Waals surface area contributed by atoms with Gasteiger partial charge in [0, 0.05) is 25.6 Å². The van der Waals surface area contributed by atoms with Gasteiger partial charge in [-0.1, -0.05) is 29.3 Å². The summed E-state index contributed by atoms with van der Waals surface area (Å²) in [5.74, 6) is -0.291. The zero-order valence-electron chi connectivity index (χ0n) is 11.4. The molecule has 0 aliphatic carbocycles. The Hall–Kier alpha value is -0.860. The van der Waals surface area contributed by atoms with Crippen LogP contribution >= 0.6 is 23.2 Å². The van der Waals surface area contributed by atoms with Crippen LogP contribution in [-0.4, -0.2) is 33.5 Å². The van der Waals surface area contributed by atoms with Crippen LogP contribution in [-0.2, 0) is 14.8 Å². The number of hydrogen-bond donors (Lipinski definition) is 3. The van der Waals surface area contributed by atoms with Gasteiger partial charge < -0.3 is 11.1 Å². The van der Waals surface area contributed by atoms with E-state index in [-0.39, 0.29) is 39.9 Å². The number of sulfonamides is 1. The molecule has 1 amide bonds. The quantitative estimate of drug-likeness (QED) is 0.683. The average molecular weight is 354 g/mol. The normalized spacial score (nSPS) is 13.0. The van der Waals surface area contributed by atoms with Crippen LogP contribution in [0.4, 0.5) is 0 Å². The van der Waals surface area contributed by atoms with Crippen LogP contribution < -0.4 is 15.8 Å². The fourth-order valence-electron chi connectivity index (χ4n) is 1.52. The van der Waals surface area contributed by atoms with E-state index in [1.807, 2.05) is 0 Å². The summed E-state index contributed by atoms with van der Waals surface area (Å²) in [6.07, 6.45) is -0.00829. The van der Waals surface area contributed by atoms with Crippen molar-refractivity contribution in [3.8, 4) is 0 Å². The molecule has 1 aromatic rings. The lowest BCUT2D eigenvalue weighted by atomic mass is 10.3. The Kier molecular flexibility index (Phi) is 6.89. The molecule has 1 aromatic carbocycles. The molecule has 0 bridgehead atoms. The molecular formula is C12H17Cl2N3O3S. The standard InChI is InChI=1S/C12H17Cl2N3O3S/c1-8(7-15)17-11(18)5-6-16-21(19,20)12-9(13)3-2-4-10(12)14/h2-4,8,16H,5-7,15H2,1H3,(H,17,18)/t8-/m0/s1. The maximum Gasteiger partial charge on any atom is 0.243 e. The number of benzene rings is 1. The minimum Gasteiger partial charge on any atom is -0.352 e. The Balaban J connectivity index is 2.64. The van der Waals surface area contributed by atoms with E-state index in [2.05, 4.69) is 10.0 Å². The highest BCUT2D eigenvalue weighted by Crippen LogP contribution is 2.28. The molecule has 1 rings (SSSR count). The Labute approximate surface area is 134 Å². The molecule has 0 aliphatic rings. The van der Waals surface area contributed by atoms with Gasteiger partial charge in [0.2, 0.25) is 15.9 Å². The zero-order chi connectivity index (χ0) is 16.0. The summed E-state index contributed by atoms with van der Waals surface area (Å²) in [5.41, 5.74) is 5.37. The Morgan fingerprint density at radius 3 is 2.43 bits per heavy atom. The molecule has 0 saturated carbocycles. The van der Waals surface area contributed by atoms with E-state index in [1.54, 1.807) is 13.0 Å². The molecule has 21 heavy (non-hydrogen) atoms. The Bertz CT molecular complexity index is 588. The van der Waals surface area contributed by atoms with Gasteiger partial charge in [-0.15, -0.1) is 0 Å². The van der Waals surface area contributed by atoms with Crippen LogP contribution in [0.2, 0.25) is 10.0 Å². The smallest absolute Gasteiger partial charge is 0.243 e. The molecule has 9 heteroatoms. The minimum atomic E-state index is -3.87. The molecule has 4 N–H and O–H groups in total. The van der Waals surface area contributed by atoms with E-state index in [4.69, 9.17) is 28.9 Å². The summed E-state index contributed by atoms with van der Waals surface area (Å²) < 4.78 is 26.5. The van der Waals surface area contributed by atoms with Crippen LogP contribution in [0.15, 0.2) is 23.1 Å². The minimum absolute atomic E-state index is 0.00829. The van der Waals surface area contributed by atoms with Gasteiger partial charge in [0.05, 0.1) is 10.0 Å². The number of amides is 1. The summed E-state index contributed by atoms with van der Waals surface area (Å²) in [6.45, 7) is 2.01. The fraction of sp³-hybridized carbons (Fsp3) is 0.417. The molecule has 1 atom stereocenters. The number of carbonyl (C=O) groups is 1. The third kappa shape index (κ3) is 5.44. The maximum absolute atomic E-state index is 12.1. The fourth-order valence-corrected chi connectivity index (χ4v) is 3.69. The highest BCUT2D eigenvalue weighted by molar-refractivity contribution is 7.89. The van der Waals surface area contributed by atoms with Crippen molar-refractivity contribution in [1.82, 2.24) is 10.0 Å². The number of rotatable bonds is 7. The van der Waals surface area contributed by atoms with Gasteiger partial charge in [0.1, 0.15) is 4.90 Å². The van der Waals surface area contributed by atoms with Gasteiger partial charge in [-0.25, -0.2) is 13.1 Å². The van der Waals surface area contributed by atoms with Crippen molar-refractivity contribution in [3.63, 3.8) is 0 Å². The van der Waals surface area contributed by atoms with Gasteiger partial charge in [-0.05, 0) is 19.1 Å². The summed E-state index contributed by atoms with van der Waals surface area (Å²) >= 11 is 11.7. The lowest BCUT2D eigenvalue weighted by molar-refractivity contribution is -0.121.